The topological polar surface area (TPSA) is 141 Å². The molecule has 0 N–H and O–H groups in total. The Balaban J connectivity index is 2.36. The van der Waals surface area contributed by atoms with Crippen molar-refractivity contribution in [3.63, 3.8) is 0 Å². The second kappa shape index (κ2) is 5.87. The zero-order chi connectivity index (χ0) is 17.4. The van der Waals surface area contributed by atoms with Crippen LogP contribution in [0.4, 0.5) is 20.9 Å². The third-order valence-electron chi connectivity index (χ3n) is 3.30. The van der Waals surface area contributed by atoms with Crippen LogP contribution in [0.3, 0.4) is 0 Å². The second-order valence-electron chi connectivity index (χ2n) is 4.97. The largest absolute Gasteiger partial charge is 0.306 e. The van der Waals surface area contributed by atoms with E-state index in [1.54, 1.807) is 0 Å². The Bertz CT molecular complexity index is 795. The summed E-state index contributed by atoms with van der Waals surface area (Å²) in [5, 5.41) is 21.7. The van der Waals surface area contributed by atoms with Crippen LogP contribution in [0.15, 0.2) is 18.2 Å². The zero-order valence-electron chi connectivity index (χ0n) is 11.4. The number of nitrogens with zero attached hydrogens (tertiary/aromatic N) is 3. The molecule has 1 atom stereocenters. The van der Waals surface area contributed by atoms with Crippen molar-refractivity contribution in [1.29, 1.82) is 0 Å². The molecule has 1 saturated heterocycles. The predicted octanol–water partition coefficient (Wildman–Crippen LogP) is 1.16. The highest BCUT2D eigenvalue weighted by atomic mass is 32.3. The highest BCUT2D eigenvalue weighted by molar-refractivity contribution is 7.86. The third kappa shape index (κ3) is 3.77. The van der Waals surface area contributed by atoms with E-state index in [0.29, 0.717) is 6.07 Å². The van der Waals surface area contributed by atoms with E-state index in [9.17, 15) is 37.3 Å². The summed E-state index contributed by atoms with van der Waals surface area (Å²) < 4.78 is 34.0. The molecule has 1 aromatic carbocycles. The van der Waals surface area contributed by atoms with Crippen LogP contribution < -0.4 is 4.90 Å². The van der Waals surface area contributed by atoms with E-state index in [0.717, 1.165) is 17.0 Å². The average molecular weight is 347 g/mol. The van der Waals surface area contributed by atoms with Crippen molar-refractivity contribution in [3.05, 3.63) is 38.4 Å². The Labute approximate surface area is 129 Å². The number of anilines is 1. The number of carbonyl (C=O) groups excluding carboxylic acids is 1. The zero-order valence-corrected chi connectivity index (χ0v) is 12.2. The van der Waals surface area contributed by atoms with Crippen molar-refractivity contribution in [3.8, 4) is 0 Å². The summed E-state index contributed by atoms with van der Waals surface area (Å²) in [6.07, 6.45) is -0.280. The first-order chi connectivity index (χ1) is 10.6. The molecule has 0 aliphatic carbocycles. The van der Waals surface area contributed by atoms with Gasteiger partial charge >= 0.3 is 10.2 Å². The van der Waals surface area contributed by atoms with Crippen LogP contribution in [0.5, 0.6) is 0 Å². The van der Waals surface area contributed by atoms with Crippen LogP contribution in [0.2, 0.25) is 0 Å². The van der Waals surface area contributed by atoms with Crippen LogP contribution in [0.25, 0.3) is 0 Å². The lowest BCUT2D eigenvalue weighted by Crippen LogP contribution is -2.26. The normalized spacial score (nSPS) is 18.2. The lowest BCUT2D eigenvalue weighted by Gasteiger charge is -2.16. The van der Waals surface area contributed by atoms with Crippen molar-refractivity contribution < 1.29 is 26.9 Å². The molecule has 1 fully saturated rings. The maximum absolute atomic E-state index is 12.7. The molecule has 0 bridgehead atoms. The van der Waals surface area contributed by atoms with Gasteiger partial charge in [0.05, 0.1) is 21.7 Å². The predicted molar refractivity (Wildman–Crippen MR) is 75.1 cm³/mol. The molecule has 0 radical (unpaired) electrons. The van der Waals surface area contributed by atoms with E-state index < -0.39 is 49.0 Å². The molecular formula is C11H10FN3O7S. The Kier molecular flexibility index (Phi) is 4.27. The first-order valence-electron chi connectivity index (χ1n) is 6.24. The molecule has 12 heteroatoms. The molecule has 23 heavy (non-hydrogen) atoms. The van der Waals surface area contributed by atoms with Crippen molar-refractivity contribution in [1.82, 2.24) is 0 Å². The van der Waals surface area contributed by atoms with Gasteiger partial charge in [-0.2, -0.15) is 8.42 Å². The lowest BCUT2D eigenvalue weighted by atomic mass is 10.1. The number of benzene rings is 1. The third-order valence-corrected chi connectivity index (χ3v) is 4.17. The molecule has 0 aromatic heterocycles. The fourth-order valence-electron chi connectivity index (χ4n) is 2.41. The molecule has 1 aliphatic heterocycles. The summed E-state index contributed by atoms with van der Waals surface area (Å²) in [7, 11) is -4.78. The van der Waals surface area contributed by atoms with Crippen LogP contribution >= 0.6 is 0 Å². The van der Waals surface area contributed by atoms with Gasteiger partial charge in [-0.25, -0.2) is 0 Å². The molecule has 1 aliphatic rings. The summed E-state index contributed by atoms with van der Waals surface area (Å²) >= 11 is 0. The standard InChI is InChI=1S/C11H10FN3O7S/c12-23(21,22)6-7-3-11(16)13(5-7)9-2-1-8(14(17)18)4-10(9)15(19)20/h1-2,4,7H,3,5-6H2. The van der Waals surface area contributed by atoms with Gasteiger partial charge in [0.15, 0.2) is 0 Å². The van der Waals surface area contributed by atoms with Gasteiger partial charge in [0.1, 0.15) is 5.69 Å². The Hall–Kier alpha value is -2.63. The van der Waals surface area contributed by atoms with Gasteiger partial charge in [0.25, 0.3) is 11.4 Å². The minimum Gasteiger partial charge on any atom is -0.306 e. The monoisotopic (exact) mass is 347 g/mol. The smallest absolute Gasteiger partial charge is 0.302 e. The highest BCUT2D eigenvalue weighted by Gasteiger charge is 2.37. The van der Waals surface area contributed by atoms with Gasteiger partial charge in [-0.1, -0.05) is 0 Å². The molecule has 1 unspecified atom stereocenters. The number of hydrogen-bond donors (Lipinski definition) is 0. The van der Waals surface area contributed by atoms with Gasteiger partial charge in [-0.15, -0.1) is 3.89 Å². The van der Waals surface area contributed by atoms with Gasteiger partial charge < -0.3 is 4.90 Å². The van der Waals surface area contributed by atoms with Crippen LogP contribution in [-0.2, 0) is 15.0 Å². The number of nitro benzene ring substituents is 2. The molecule has 0 spiro atoms. The number of hydrogen-bond acceptors (Lipinski definition) is 7. The van der Waals surface area contributed by atoms with Gasteiger partial charge in [-0.05, 0) is 6.07 Å². The van der Waals surface area contributed by atoms with Crippen LogP contribution in [0, 0.1) is 26.1 Å². The Morgan fingerprint density at radius 2 is 1.91 bits per heavy atom. The molecule has 1 amide bonds. The minimum absolute atomic E-state index is 0.190. The number of non-ortho nitro benzene ring substituents is 1. The maximum Gasteiger partial charge on any atom is 0.302 e. The van der Waals surface area contributed by atoms with Gasteiger partial charge in [-0.3, -0.25) is 25.0 Å². The van der Waals surface area contributed by atoms with E-state index in [1.807, 2.05) is 0 Å². The fourth-order valence-corrected chi connectivity index (χ4v) is 3.19. The van der Waals surface area contributed by atoms with Crippen LogP contribution in [0.1, 0.15) is 6.42 Å². The number of carbonyl (C=O) groups is 1. The lowest BCUT2D eigenvalue weighted by molar-refractivity contribution is -0.393. The van der Waals surface area contributed by atoms with Gasteiger partial charge in [0.2, 0.25) is 5.91 Å². The molecule has 1 heterocycles. The summed E-state index contributed by atoms with van der Waals surface area (Å²) in [5.41, 5.74) is -1.37. The van der Waals surface area contributed by atoms with Crippen LogP contribution in [-0.4, -0.2) is 36.5 Å². The van der Waals surface area contributed by atoms with E-state index >= 15 is 0 Å². The van der Waals surface area contributed by atoms with Crippen molar-refractivity contribution in [2.75, 3.05) is 17.2 Å². The quantitative estimate of drug-likeness (QED) is 0.442. The van der Waals surface area contributed by atoms with E-state index in [-0.39, 0.29) is 18.7 Å². The van der Waals surface area contributed by atoms with Gasteiger partial charge in [0, 0.05) is 24.9 Å². The molecule has 0 saturated carbocycles. The average Bonchev–Trinajstić information content (AvgIpc) is 2.76. The number of nitro groups is 2. The molecule has 124 valence electrons. The number of amides is 1. The number of rotatable bonds is 5. The molecule has 2 rings (SSSR count). The first kappa shape index (κ1) is 16.7. The minimum atomic E-state index is -4.78. The van der Waals surface area contributed by atoms with E-state index in [4.69, 9.17) is 0 Å². The van der Waals surface area contributed by atoms with Crippen molar-refractivity contribution in [2.45, 2.75) is 6.42 Å². The molecular weight excluding hydrogens is 337 g/mol. The summed E-state index contributed by atoms with van der Waals surface area (Å²) in [6.45, 7) is -0.222. The maximum atomic E-state index is 12.7. The van der Waals surface area contributed by atoms with Crippen molar-refractivity contribution >= 4 is 33.2 Å². The molecule has 10 nitrogen and oxygen atoms in total. The summed E-state index contributed by atoms with van der Waals surface area (Å²) in [5.74, 6) is -2.32. The second-order valence-corrected chi connectivity index (χ2v) is 6.38. The highest BCUT2D eigenvalue weighted by Crippen LogP contribution is 2.35. The van der Waals surface area contributed by atoms with Crippen molar-refractivity contribution in [2.24, 2.45) is 5.92 Å². The number of halogens is 1. The fraction of sp³-hybridized carbons (Fsp3) is 0.364. The summed E-state index contributed by atoms with van der Waals surface area (Å²) in [4.78, 5) is 32.9. The van der Waals surface area contributed by atoms with E-state index in [1.165, 1.54) is 0 Å². The summed E-state index contributed by atoms with van der Waals surface area (Å²) in [6, 6.07) is 2.75. The molecule has 1 aromatic rings. The SMILES string of the molecule is O=C1CC(CS(=O)(=O)F)CN1c1ccc([N+](=O)[O-])cc1[N+](=O)[O-]. The first-order valence-corrected chi connectivity index (χ1v) is 7.79. The Morgan fingerprint density at radius 3 is 2.43 bits per heavy atom. The Morgan fingerprint density at radius 1 is 1.26 bits per heavy atom. The van der Waals surface area contributed by atoms with E-state index in [2.05, 4.69) is 0 Å².